The van der Waals surface area contributed by atoms with Crippen molar-refractivity contribution in [1.82, 2.24) is 4.57 Å². The molecule has 2 rings (SSSR count). The molecule has 19 heavy (non-hydrogen) atoms. The maximum absolute atomic E-state index is 13.3. The van der Waals surface area contributed by atoms with Gasteiger partial charge in [-0.05, 0) is 34.1 Å². The van der Waals surface area contributed by atoms with Gasteiger partial charge in [-0.15, -0.1) is 0 Å². The number of amides is 1. The van der Waals surface area contributed by atoms with Gasteiger partial charge in [0.15, 0.2) is 0 Å². The monoisotopic (exact) mass is 324 g/mol. The van der Waals surface area contributed by atoms with Crippen molar-refractivity contribution in [3.8, 4) is 0 Å². The number of nitrogens with zero attached hydrogens (tertiary/aromatic N) is 1. The van der Waals surface area contributed by atoms with Gasteiger partial charge in [0.2, 0.25) is 5.91 Å². The van der Waals surface area contributed by atoms with Gasteiger partial charge in [0.25, 0.3) is 5.56 Å². The van der Waals surface area contributed by atoms with Crippen LogP contribution in [0.2, 0.25) is 0 Å². The average Bonchev–Trinajstić information content (AvgIpc) is 2.37. The molecule has 0 aliphatic heterocycles. The number of nitrogens with one attached hydrogen (secondary N) is 1. The largest absolute Gasteiger partial charge is 0.322 e. The van der Waals surface area contributed by atoms with E-state index < -0.39 is 11.7 Å². The molecule has 0 fully saturated rings. The van der Waals surface area contributed by atoms with Crippen molar-refractivity contribution in [3.63, 3.8) is 0 Å². The molecule has 1 N–H and O–H groups in total. The zero-order valence-corrected chi connectivity index (χ0v) is 11.4. The molecule has 1 aromatic carbocycles. The summed E-state index contributed by atoms with van der Waals surface area (Å²) in [5.74, 6) is -0.984. The Labute approximate surface area is 117 Å². The van der Waals surface area contributed by atoms with Gasteiger partial charge in [0.05, 0.1) is 5.69 Å². The zero-order chi connectivity index (χ0) is 13.8. The first kappa shape index (κ1) is 13.5. The van der Waals surface area contributed by atoms with Gasteiger partial charge in [0.1, 0.15) is 12.4 Å². The molecule has 1 heterocycles. The highest BCUT2D eigenvalue weighted by Gasteiger charge is 2.08. The average molecular weight is 325 g/mol. The number of benzene rings is 1. The van der Waals surface area contributed by atoms with E-state index in [-0.39, 0.29) is 17.8 Å². The third kappa shape index (κ3) is 3.51. The minimum absolute atomic E-state index is 0.0931. The van der Waals surface area contributed by atoms with E-state index in [9.17, 15) is 14.0 Å². The first-order chi connectivity index (χ1) is 9.06. The first-order valence-corrected chi connectivity index (χ1v) is 6.26. The predicted molar refractivity (Wildman–Crippen MR) is 73.4 cm³/mol. The summed E-state index contributed by atoms with van der Waals surface area (Å²) in [7, 11) is 0. The van der Waals surface area contributed by atoms with Crippen LogP contribution in [0.1, 0.15) is 0 Å². The van der Waals surface area contributed by atoms with Crippen molar-refractivity contribution in [2.75, 3.05) is 5.32 Å². The lowest BCUT2D eigenvalue weighted by molar-refractivity contribution is -0.116. The molecule has 6 heteroatoms. The lowest BCUT2D eigenvalue weighted by Crippen LogP contribution is -2.26. The van der Waals surface area contributed by atoms with E-state index in [0.717, 1.165) is 0 Å². The topological polar surface area (TPSA) is 51.1 Å². The summed E-state index contributed by atoms with van der Waals surface area (Å²) >= 11 is 3.21. The van der Waals surface area contributed by atoms with Gasteiger partial charge < -0.3 is 9.88 Å². The lowest BCUT2D eigenvalue weighted by Gasteiger charge is -2.08. The van der Waals surface area contributed by atoms with Crippen LogP contribution in [0.4, 0.5) is 10.1 Å². The number of hydrogen-bond acceptors (Lipinski definition) is 2. The Morgan fingerprint density at radius 1 is 1.26 bits per heavy atom. The molecule has 1 amide bonds. The minimum Gasteiger partial charge on any atom is -0.322 e. The molecule has 98 valence electrons. The van der Waals surface area contributed by atoms with Crippen molar-refractivity contribution in [2.24, 2.45) is 0 Å². The fourth-order valence-electron chi connectivity index (χ4n) is 1.53. The van der Waals surface area contributed by atoms with Gasteiger partial charge in [-0.2, -0.15) is 0 Å². The van der Waals surface area contributed by atoms with E-state index in [1.54, 1.807) is 12.1 Å². The smallest absolute Gasteiger partial charge is 0.251 e. The normalized spacial score (nSPS) is 10.2. The SMILES string of the molecule is O=C(Cn1cc(Br)ccc1=O)Nc1ccccc1F. The van der Waals surface area contributed by atoms with Crippen molar-refractivity contribution in [2.45, 2.75) is 6.54 Å². The van der Waals surface area contributed by atoms with Crippen molar-refractivity contribution >= 4 is 27.5 Å². The Balaban J connectivity index is 2.12. The standard InChI is InChI=1S/C13H10BrFN2O2/c14-9-5-6-13(19)17(7-9)8-12(18)16-11-4-2-1-3-10(11)15/h1-7H,8H2,(H,16,18). The molecule has 0 unspecified atom stereocenters. The van der Waals surface area contributed by atoms with Crippen LogP contribution in [0.25, 0.3) is 0 Å². The zero-order valence-electron chi connectivity index (χ0n) is 9.77. The van der Waals surface area contributed by atoms with Gasteiger partial charge in [0, 0.05) is 16.7 Å². The minimum atomic E-state index is -0.516. The van der Waals surface area contributed by atoms with Crippen LogP contribution in [0.15, 0.2) is 51.9 Å². The van der Waals surface area contributed by atoms with Gasteiger partial charge >= 0.3 is 0 Å². The molecule has 4 nitrogen and oxygen atoms in total. The molecule has 0 bridgehead atoms. The number of para-hydroxylation sites is 1. The van der Waals surface area contributed by atoms with E-state index in [4.69, 9.17) is 0 Å². The van der Waals surface area contributed by atoms with E-state index in [1.807, 2.05) is 0 Å². The van der Waals surface area contributed by atoms with Crippen LogP contribution >= 0.6 is 15.9 Å². The fraction of sp³-hybridized carbons (Fsp3) is 0.0769. The Kier molecular flexibility index (Phi) is 4.11. The molecule has 0 saturated heterocycles. The number of rotatable bonds is 3. The van der Waals surface area contributed by atoms with Crippen LogP contribution in [0.5, 0.6) is 0 Å². The van der Waals surface area contributed by atoms with Crippen LogP contribution < -0.4 is 10.9 Å². The van der Waals surface area contributed by atoms with E-state index >= 15 is 0 Å². The van der Waals surface area contributed by atoms with Gasteiger partial charge in [-0.3, -0.25) is 9.59 Å². The number of aromatic nitrogens is 1. The quantitative estimate of drug-likeness (QED) is 0.942. The number of halogens is 2. The number of carbonyl (C=O) groups is 1. The molecule has 0 aliphatic rings. The Morgan fingerprint density at radius 3 is 2.74 bits per heavy atom. The second kappa shape index (κ2) is 5.79. The predicted octanol–water partition coefficient (Wildman–Crippen LogP) is 2.39. The second-order valence-corrected chi connectivity index (χ2v) is 4.76. The molecule has 0 atom stereocenters. The Morgan fingerprint density at radius 2 is 2.00 bits per heavy atom. The number of hydrogen-bond donors (Lipinski definition) is 1. The van der Waals surface area contributed by atoms with Crippen LogP contribution in [0.3, 0.4) is 0 Å². The summed E-state index contributed by atoms with van der Waals surface area (Å²) in [6.45, 7) is -0.174. The van der Waals surface area contributed by atoms with E-state index in [2.05, 4.69) is 21.2 Å². The van der Waals surface area contributed by atoms with Crippen molar-refractivity contribution < 1.29 is 9.18 Å². The first-order valence-electron chi connectivity index (χ1n) is 5.46. The van der Waals surface area contributed by atoms with Crippen molar-refractivity contribution in [3.05, 3.63) is 63.2 Å². The molecule has 2 aromatic rings. The number of anilines is 1. The summed E-state index contributed by atoms with van der Waals surface area (Å²) in [5, 5.41) is 2.42. The molecule has 0 radical (unpaired) electrons. The third-order valence-corrected chi connectivity index (χ3v) is 2.88. The van der Waals surface area contributed by atoms with Crippen LogP contribution in [-0.2, 0) is 11.3 Å². The highest BCUT2D eigenvalue weighted by molar-refractivity contribution is 9.10. The summed E-state index contributed by atoms with van der Waals surface area (Å²) < 4.78 is 15.3. The fourth-order valence-corrected chi connectivity index (χ4v) is 1.91. The van der Waals surface area contributed by atoms with Crippen molar-refractivity contribution in [1.29, 1.82) is 0 Å². The molecular formula is C13H10BrFN2O2. The number of carbonyl (C=O) groups excluding carboxylic acids is 1. The Hall–Kier alpha value is -1.95. The summed E-state index contributed by atoms with van der Waals surface area (Å²) in [6, 6.07) is 8.79. The van der Waals surface area contributed by atoms with E-state index in [0.29, 0.717) is 4.47 Å². The summed E-state index contributed by atoms with van der Waals surface area (Å²) in [5.41, 5.74) is -0.206. The van der Waals surface area contributed by atoms with Crippen LogP contribution in [0, 0.1) is 5.82 Å². The van der Waals surface area contributed by atoms with Crippen LogP contribution in [-0.4, -0.2) is 10.5 Å². The molecule has 0 spiro atoms. The maximum Gasteiger partial charge on any atom is 0.251 e. The third-order valence-electron chi connectivity index (χ3n) is 2.41. The highest BCUT2D eigenvalue weighted by Crippen LogP contribution is 2.12. The molecule has 1 aromatic heterocycles. The number of pyridine rings is 1. The molecule has 0 aliphatic carbocycles. The Bertz CT molecular complexity index is 670. The lowest BCUT2D eigenvalue weighted by atomic mass is 10.3. The van der Waals surface area contributed by atoms with E-state index in [1.165, 1.54) is 35.0 Å². The maximum atomic E-state index is 13.3. The second-order valence-electron chi connectivity index (χ2n) is 3.84. The summed E-state index contributed by atoms with van der Waals surface area (Å²) in [6.07, 6.45) is 1.50. The van der Waals surface area contributed by atoms with Gasteiger partial charge in [-0.25, -0.2) is 4.39 Å². The summed E-state index contributed by atoms with van der Waals surface area (Å²) in [4.78, 5) is 23.3. The highest BCUT2D eigenvalue weighted by atomic mass is 79.9. The van der Waals surface area contributed by atoms with Gasteiger partial charge in [-0.1, -0.05) is 12.1 Å². The molecule has 0 saturated carbocycles. The molecular weight excluding hydrogens is 315 g/mol.